The Bertz CT molecular complexity index is 368. The molecule has 2 rings (SSSR count). The SMILES string of the molecule is CCC(C)(C)NCC(C)N(Cc1ccsc1)C1CC1. The minimum atomic E-state index is 0.256. The molecule has 1 fully saturated rings. The fourth-order valence-electron chi connectivity index (χ4n) is 2.31. The van der Waals surface area contributed by atoms with E-state index >= 15 is 0 Å². The number of thiophene rings is 1. The van der Waals surface area contributed by atoms with E-state index in [2.05, 4.69) is 54.7 Å². The van der Waals surface area contributed by atoms with Gasteiger partial charge >= 0.3 is 0 Å². The van der Waals surface area contributed by atoms with E-state index in [9.17, 15) is 0 Å². The summed E-state index contributed by atoms with van der Waals surface area (Å²) in [5, 5.41) is 8.18. The smallest absolute Gasteiger partial charge is 0.0248 e. The highest BCUT2D eigenvalue weighted by Crippen LogP contribution is 2.30. The van der Waals surface area contributed by atoms with Crippen LogP contribution < -0.4 is 5.32 Å². The zero-order chi connectivity index (χ0) is 13.9. The van der Waals surface area contributed by atoms with Gasteiger partial charge in [0.15, 0.2) is 0 Å². The molecule has 19 heavy (non-hydrogen) atoms. The molecule has 1 saturated carbocycles. The second-order valence-corrected chi connectivity index (χ2v) is 7.28. The first kappa shape index (κ1) is 15.0. The van der Waals surface area contributed by atoms with Crippen LogP contribution in [0, 0.1) is 0 Å². The molecule has 1 atom stereocenters. The first-order valence-electron chi connectivity index (χ1n) is 7.53. The molecule has 0 aromatic carbocycles. The quantitative estimate of drug-likeness (QED) is 0.777. The Morgan fingerprint density at radius 1 is 1.47 bits per heavy atom. The number of rotatable bonds is 8. The summed E-state index contributed by atoms with van der Waals surface area (Å²) in [5.41, 5.74) is 1.73. The fourth-order valence-corrected chi connectivity index (χ4v) is 2.97. The van der Waals surface area contributed by atoms with E-state index in [4.69, 9.17) is 0 Å². The number of nitrogens with one attached hydrogen (secondary N) is 1. The molecule has 1 heterocycles. The highest BCUT2D eigenvalue weighted by molar-refractivity contribution is 7.07. The lowest BCUT2D eigenvalue weighted by atomic mass is 10.0. The minimum absolute atomic E-state index is 0.256. The van der Waals surface area contributed by atoms with Gasteiger partial charge in [-0.05, 0) is 62.4 Å². The molecule has 3 heteroatoms. The van der Waals surface area contributed by atoms with Crippen molar-refractivity contribution in [3.8, 4) is 0 Å². The first-order valence-corrected chi connectivity index (χ1v) is 8.48. The Kier molecular flexibility index (Phi) is 5.04. The standard InChI is InChI=1S/C16H28N2S/c1-5-16(3,4)17-10-13(2)18(15-6-7-15)11-14-8-9-19-12-14/h8-9,12-13,15,17H,5-7,10-11H2,1-4H3. The molecule has 1 aromatic heterocycles. The molecule has 1 aliphatic rings. The molecule has 1 aliphatic carbocycles. The maximum atomic E-state index is 3.71. The Balaban J connectivity index is 1.88. The Morgan fingerprint density at radius 3 is 2.74 bits per heavy atom. The third-order valence-corrected chi connectivity index (χ3v) is 5.02. The van der Waals surface area contributed by atoms with Crippen LogP contribution in [0.25, 0.3) is 0 Å². The highest BCUT2D eigenvalue weighted by atomic mass is 32.1. The summed E-state index contributed by atoms with van der Waals surface area (Å²) in [4.78, 5) is 2.68. The molecular weight excluding hydrogens is 252 g/mol. The topological polar surface area (TPSA) is 15.3 Å². The van der Waals surface area contributed by atoms with Crippen LogP contribution in [0.5, 0.6) is 0 Å². The van der Waals surface area contributed by atoms with Crippen LogP contribution in [0.3, 0.4) is 0 Å². The molecule has 108 valence electrons. The molecule has 0 aliphatic heterocycles. The van der Waals surface area contributed by atoms with E-state index in [0.717, 1.165) is 19.1 Å². The molecule has 1 unspecified atom stereocenters. The molecule has 0 radical (unpaired) electrons. The Labute approximate surface area is 122 Å². The second kappa shape index (κ2) is 6.38. The van der Waals surface area contributed by atoms with Gasteiger partial charge in [-0.1, -0.05) is 6.92 Å². The third-order valence-electron chi connectivity index (χ3n) is 4.29. The summed E-state index contributed by atoms with van der Waals surface area (Å²) in [6.45, 7) is 11.4. The van der Waals surface area contributed by atoms with Crippen molar-refractivity contribution in [2.75, 3.05) is 6.54 Å². The molecule has 0 bridgehead atoms. The van der Waals surface area contributed by atoms with Gasteiger partial charge in [0.1, 0.15) is 0 Å². The predicted molar refractivity (Wildman–Crippen MR) is 84.7 cm³/mol. The lowest BCUT2D eigenvalue weighted by molar-refractivity contribution is 0.174. The number of hydrogen-bond donors (Lipinski definition) is 1. The average Bonchev–Trinajstić information content (AvgIpc) is 3.10. The van der Waals surface area contributed by atoms with Crippen molar-refractivity contribution in [1.29, 1.82) is 0 Å². The van der Waals surface area contributed by atoms with Crippen LogP contribution in [-0.4, -0.2) is 29.1 Å². The largest absolute Gasteiger partial charge is 0.310 e. The van der Waals surface area contributed by atoms with E-state index in [0.29, 0.717) is 6.04 Å². The van der Waals surface area contributed by atoms with E-state index < -0.39 is 0 Å². The van der Waals surface area contributed by atoms with Crippen molar-refractivity contribution in [3.63, 3.8) is 0 Å². The molecule has 0 amide bonds. The van der Waals surface area contributed by atoms with E-state index in [1.807, 2.05) is 0 Å². The molecule has 1 aromatic rings. The second-order valence-electron chi connectivity index (χ2n) is 6.50. The van der Waals surface area contributed by atoms with Gasteiger partial charge in [-0.25, -0.2) is 0 Å². The van der Waals surface area contributed by atoms with Gasteiger partial charge in [-0.3, -0.25) is 4.90 Å². The minimum Gasteiger partial charge on any atom is -0.310 e. The highest BCUT2D eigenvalue weighted by Gasteiger charge is 2.32. The van der Waals surface area contributed by atoms with Crippen molar-refractivity contribution >= 4 is 11.3 Å². The van der Waals surface area contributed by atoms with Crippen LogP contribution in [0.2, 0.25) is 0 Å². The summed E-state index contributed by atoms with van der Waals surface area (Å²) < 4.78 is 0. The molecule has 0 saturated heterocycles. The Morgan fingerprint density at radius 2 is 2.21 bits per heavy atom. The summed E-state index contributed by atoms with van der Waals surface area (Å²) in [7, 11) is 0. The Hall–Kier alpha value is -0.380. The van der Waals surface area contributed by atoms with Gasteiger partial charge < -0.3 is 5.32 Å². The normalized spacial score (nSPS) is 17.9. The van der Waals surface area contributed by atoms with Crippen molar-refractivity contribution < 1.29 is 0 Å². The lowest BCUT2D eigenvalue weighted by Gasteiger charge is -2.33. The van der Waals surface area contributed by atoms with E-state index in [1.54, 1.807) is 11.3 Å². The molecule has 0 spiro atoms. The van der Waals surface area contributed by atoms with Crippen LogP contribution in [0.1, 0.15) is 52.5 Å². The van der Waals surface area contributed by atoms with Crippen LogP contribution in [0.4, 0.5) is 0 Å². The summed E-state index contributed by atoms with van der Waals surface area (Å²) in [6.07, 6.45) is 3.94. The predicted octanol–water partition coefficient (Wildman–Crippen LogP) is 3.88. The molecule has 1 N–H and O–H groups in total. The lowest BCUT2D eigenvalue weighted by Crippen LogP contribution is -2.47. The number of nitrogens with zero attached hydrogens (tertiary/aromatic N) is 1. The monoisotopic (exact) mass is 280 g/mol. The first-order chi connectivity index (χ1) is 9.02. The van der Waals surface area contributed by atoms with Gasteiger partial charge in [0.2, 0.25) is 0 Å². The van der Waals surface area contributed by atoms with Gasteiger partial charge in [-0.15, -0.1) is 0 Å². The van der Waals surface area contributed by atoms with Gasteiger partial charge in [-0.2, -0.15) is 11.3 Å². The van der Waals surface area contributed by atoms with Gasteiger partial charge in [0.05, 0.1) is 0 Å². The van der Waals surface area contributed by atoms with Gasteiger partial charge in [0, 0.05) is 30.7 Å². The average molecular weight is 280 g/mol. The van der Waals surface area contributed by atoms with Crippen LogP contribution in [-0.2, 0) is 6.54 Å². The van der Waals surface area contributed by atoms with Crippen molar-refractivity contribution in [2.24, 2.45) is 0 Å². The zero-order valence-corrected chi connectivity index (χ0v) is 13.6. The van der Waals surface area contributed by atoms with Crippen LogP contribution >= 0.6 is 11.3 Å². The molecular formula is C16H28N2S. The number of hydrogen-bond acceptors (Lipinski definition) is 3. The zero-order valence-electron chi connectivity index (χ0n) is 12.8. The summed E-state index contributed by atoms with van der Waals surface area (Å²) >= 11 is 1.80. The van der Waals surface area contributed by atoms with Crippen molar-refractivity contribution in [2.45, 2.75) is 71.1 Å². The van der Waals surface area contributed by atoms with E-state index in [-0.39, 0.29) is 5.54 Å². The van der Waals surface area contributed by atoms with Crippen LogP contribution in [0.15, 0.2) is 16.8 Å². The maximum absolute atomic E-state index is 3.71. The van der Waals surface area contributed by atoms with Crippen molar-refractivity contribution in [3.05, 3.63) is 22.4 Å². The summed E-state index contributed by atoms with van der Waals surface area (Å²) in [6, 6.07) is 3.69. The maximum Gasteiger partial charge on any atom is 0.0248 e. The third kappa shape index (κ3) is 4.59. The van der Waals surface area contributed by atoms with Gasteiger partial charge in [0.25, 0.3) is 0 Å². The molecule has 2 nitrogen and oxygen atoms in total. The van der Waals surface area contributed by atoms with E-state index in [1.165, 1.54) is 24.8 Å². The summed E-state index contributed by atoms with van der Waals surface area (Å²) in [5.74, 6) is 0. The van der Waals surface area contributed by atoms with Crippen molar-refractivity contribution in [1.82, 2.24) is 10.2 Å². The fraction of sp³-hybridized carbons (Fsp3) is 0.750.